The van der Waals surface area contributed by atoms with Gasteiger partial charge in [-0.3, -0.25) is 0 Å². The zero-order chi connectivity index (χ0) is 11.2. The second-order valence-electron chi connectivity index (χ2n) is 4.90. The van der Waals surface area contributed by atoms with Crippen molar-refractivity contribution < 1.29 is 0 Å². The van der Waals surface area contributed by atoms with E-state index in [0.717, 1.165) is 18.4 Å². The Hall–Kier alpha value is -0.340. The van der Waals surface area contributed by atoms with Crippen LogP contribution in [0.25, 0.3) is 0 Å². The molecule has 1 aliphatic carbocycles. The lowest BCUT2D eigenvalue weighted by molar-refractivity contribution is 0.325. The van der Waals surface area contributed by atoms with Gasteiger partial charge in [-0.2, -0.15) is 0 Å². The summed E-state index contributed by atoms with van der Waals surface area (Å²) in [6.45, 7) is 4.52. The lowest BCUT2D eigenvalue weighted by Crippen LogP contribution is -2.28. The first kappa shape index (κ1) is 12.1. The molecule has 16 heavy (non-hydrogen) atoms. The van der Waals surface area contributed by atoms with E-state index in [1.807, 2.05) is 11.3 Å². The smallest absolute Gasteiger partial charge is 0.00485 e. The summed E-state index contributed by atoms with van der Waals surface area (Å²) in [6, 6.07) is 4.47. The molecule has 1 aromatic heterocycles. The van der Waals surface area contributed by atoms with E-state index in [-0.39, 0.29) is 0 Å². The fourth-order valence-electron chi connectivity index (χ4n) is 2.85. The SMILES string of the molecule is CCNCC(Cc1cccs1)C1CCCC1. The molecule has 0 amide bonds. The van der Waals surface area contributed by atoms with Gasteiger partial charge in [0.05, 0.1) is 0 Å². The maximum Gasteiger partial charge on any atom is 0.00485 e. The summed E-state index contributed by atoms with van der Waals surface area (Å²) in [6.07, 6.45) is 7.12. The molecule has 1 atom stereocenters. The Morgan fingerprint density at radius 3 is 2.88 bits per heavy atom. The lowest BCUT2D eigenvalue weighted by Gasteiger charge is -2.23. The van der Waals surface area contributed by atoms with Crippen LogP contribution in [0.3, 0.4) is 0 Å². The van der Waals surface area contributed by atoms with Gasteiger partial charge in [0.25, 0.3) is 0 Å². The molecule has 0 spiro atoms. The summed E-state index contributed by atoms with van der Waals surface area (Å²) in [4.78, 5) is 1.56. The first-order chi connectivity index (χ1) is 7.90. The maximum atomic E-state index is 3.54. The van der Waals surface area contributed by atoms with Crippen LogP contribution in [-0.2, 0) is 6.42 Å². The maximum absolute atomic E-state index is 3.54. The van der Waals surface area contributed by atoms with Gasteiger partial charge >= 0.3 is 0 Å². The quantitative estimate of drug-likeness (QED) is 0.795. The van der Waals surface area contributed by atoms with Crippen LogP contribution in [0.1, 0.15) is 37.5 Å². The van der Waals surface area contributed by atoms with Crippen LogP contribution in [0.4, 0.5) is 0 Å². The molecule has 90 valence electrons. The molecule has 1 fully saturated rings. The van der Waals surface area contributed by atoms with Crippen molar-refractivity contribution in [1.82, 2.24) is 5.32 Å². The molecule has 1 N–H and O–H groups in total. The molecular formula is C14H23NS. The molecule has 1 nitrogen and oxygen atoms in total. The van der Waals surface area contributed by atoms with Crippen LogP contribution in [0.5, 0.6) is 0 Å². The van der Waals surface area contributed by atoms with Crippen LogP contribution in [0, 0.1) is 11.8 Å². The average molecular weight is 237 g/mol. The monoisotopic (exact) mass is 237 g/mol. The van der Waals surface area contributed by atoms with Gasteiger partial charge in [0.2, 0.25) is 0 Å². The molecule has 0 aliphatic heterocycles. The van der Waals surface area contributed by atoms with Crippen molar-refractivity contribution in [3.63, 3.8) is 0 Å². The predicted octanol–water partition coefficient (Wildman–Crippen LogP) is 3.71. The van der Waals surface area contributed by atoms with Crippen molar-refractivity contribution in [3.05, 3.63) is 22.4 Å². The zero-order valence-electron chi connectivity index (χ0n) is 10.2. The van der Waals surface area contributed by atoms with E-state index >= 15 is 0 Å². The van der Waals surface area contributed by atoms with Gasteiger partial charge in [-0.15, -0.1) is 11.3 Å². The van der Waals surface area contributed by atoms with Gasteiger partial charge < -0.3 is 5.32 Å². The Morgan fingerprint density at radius 2 is 2.25 bits per heavy atom. The standard InChI is InChI=1S/C14H23NS/c1-2-15-11-13(12-6-3-4-7-12)10-14-8-5-9-16-14/h5,8-9,12-13,15H,2-4,6-7,10-11H2,1H3. The minimum absolute atomic E-state index is 0.862. The minimum Gasteiger partial charge on any atom is -0.317 e. The van der Waals surface area contributed by atoms with E-state index in [1.54, 1.807) is 4.88 Å². The molecule has 0 aromatic carbocycles. The molecule has 1 aliphatic rings. The van der Waals surface area contributed by atoms with E-state index in [0.29, 0.717) is 0 Å². The molecule has 2 rings (SSSR count). The van der Waals surface area contributed by atoms with Gasteiger partial charge in [-0.25, -0.2) is 0 Å². The Labute approximate surface area is 103 Å². The van der Waals surface area contributed by atoms with Gasteiger partial charge in [0.15, 0.2) is 0 Å². The second kappa shape index (κ2) is 6.41. The number of thiophene rings is 1. The Bertz CT molecular complexity index is 275. The fraction of sp³-hybridized carbons (Fsp3) is 0.714. The summed E-state index contributed by atoms with van der Waals surface area (Å²) < 4.78 is 0. The third kappa shape index (κ3) is 3.33. The van der Waals surface area contributed by atoms with Gasteiger partial charge in [0, 0.05) is 4.88 Å². The summed E-state index contributed by atoms with van der Waals surface area (Å²) in [5, 5.41) is 5.74. The number of rotatable bonds is 6. The zero-order valence-corrected chi connectivity index (χ0v) is 11.1. The van der Waals surface area contributed by atoms with Crippen LogP contribution in [-0.4, -0.2) is 13.1 Å². The summed E-state index contributed by atoms with van der Waals surface area (Å²) in [5.74, 6) is 1.84. The van der Waals surface area contributed by atoms with Crippen LogP contribution in [0.2, 0.25) is 0 Å². The summed E-state index contributed by atoms with van der Waals surface area (Å²) in [5.41, 5.74) is 0. The van der Waals surface area contributed by atoms with Gasteiger partial charge in [-0.05, 0) is 42.8 Å². The number of hydrogen-bond acceptors (Lipinski definition) is 2. The van der Waals surface area contributed by atoms with Crippen molar-refractivity contribution in [2.75, 3.05) is 13.1 Å². The summed E-state index contributed by atoms with van der Waals surface area (Å²) >= 11 is 1.92. The van der Waals surface area contributed by atoms with E-state index in [1.165, 1.54) is 38.6 Å². The summed E-state index contributed by atoms with van der Waals surface area (Å²) in [7, 11) is 0. The topological polar surface area (TPSA) is 12.0 Å². The van der Waals surface area contributed by atoms with E-state index < -0.39 is 0 Å². The van der Waals surface area contributed by atoms with Crippen molar-refractivity contribution >= 4 is 11.3 Å². The van der Waals surface area contributed by atoms with Crippen molar-refractivity contribution in [1.29, 1.82) is 0 Å². The highest BCUT2D eigenvalue weighted by atomic mass is 32.1. The molecule has 1 aromatic rings. The molecular weight excluding hydrogens is 214 g/mol. The predicted molar refractivity (Wildman–Crippen MR) is 72.0 cm³/mol. The minimum atomic E-state index is 0.862. The highest BCUT2D eigenvalue weighted by Gasteiger charge is 2.24. The third-order valence-electron chi connectivity index (χ3n) is 3.77. The largest absolute Gasteiger partial charge is 0.317 e. The van der Waals surface area contributed by atoms with Crippen molar-refractivity contribution in [3.8, 4) is 0 Å². The Morgan fingerprint density at radius 1 is 1.44 bits per heavy atom. The van der Waals surface area contributed by atoms with Gasteiger partial charge in [-0.1, -0.05) is 38.7 Å². The molecule has 2 heteroatoms. The van der Waals surface area contributed by atoms with Gasteiger partial charge in [0.1, 0.15) is 0 Å². The van der Waals surface area contributed by atoms with E-state index in [9.17, 15) is 0 Å². The van der Waals surface area contributed by atoms with Crippen molar-refractivity contribution in [2.45, 2.75) is 39.0 Å². The number of hydrogen-bond donors (Lipinski definition) is 1. The Balaban J connectivity index is 1.90. The highest BCUT2D eigenvalue weighted by Crippen LogP contribution is 2.33. The molecule has 0 saturated heterocycles. The number of nitrogens with one attached hydrogen (secondary N) is 1. The van der Waals surface area contributed by atoms with E-state index in [4.69, 9.17) is 0 Å². The molecule has 0 bridgehead atoms. The van der Waals surface area contributed by atoms with E-state index in [2.05, 4.69) is 29.8 Å². The van der Waals surface area contributed by atoms with Crippen molar-refractivity contribution in [2.24, 2.45) is 11.8 Å². The Kier molecular flexibility index (Phi) is 4.86. The van der Waals surface area contributed by atoms with Crippen LogP contribution < -0.4 is 5.32 Å². The molecule has 1 unspecified atom stereocenters. The molecule has 0 radical (unpaired) electrons. The van der Waals surface area contributed by atoms with Crippen LogP contribution >= 0.6 is 11.3 Å². The fourth-order valence-corrected chi connectivity index (χ4v) is 3.65. The first-order valence-electron chi connectivity index (χ1n) is 6.63. The van der Waals surface area contributed by atoms with Crippen LogP contribution in [0.15, 0.2) is 17.5 Å². The first-order valence-corrected chi connectivity index (χ1v) is 7.51. The second-order valence-corrected chi connectivity index (χ2v) is 5.93. The molecule has 1 saturated carbocycles. The normalized spacial score (nSPS) is 19.1. The lowest BCUT2D eigenvalue weighted by atomic mass is 9.87. The molecule has 1 heterocycles. The average Bonchev–Trinajstić information content (AvgIpc) is 2.96. The third-order valence-corrected chi connectivity index (χ3v) is 4.67. The highest BCUT2D eigenvalue weighted by molar-refractivity contribution is 7.09.